The Bertz CT molecular complexity index is 385. The van der Waals surface area contributed by atoms with Crippen molar-refractivity contribution in [2.45, 2.75) is 17.9 Å². The van der Waals surface area contributed by atoms with E-state index >= 15 is 0 Å². The lowest BCUT2D eigenvalue weighted by Crippen LogP contribution is -2.40. The largest absolute Gasteiger partial charge is 0.394 e. The highest BCUT2D eigenvalue weighted by atomic mass is 32.2. The molecule has 0 radical (unpaired) electrons. The Morgan fingerprint density at radius 1 is 1.59 bits per heavy atom. The van der Waals surface area contributed by atoms with Crippen molar-refractivity contribution in [2.75, 3.05) is 25.2 Å². The topological polar surface area (TPSA) is 52.6 Å². The monoisotopic (exact) mass is 254 g/mol. The first kappa shape index (κ1) is 13.9. The van der Waals surface area contributed by atoms with Crippen molar-refractivity contribution >= 4 is 23.5 Å². The third kappa shape index (κ3) is 3.94. The third-order valence-electron chi connectivity index (χ3n) is 2.57. The van der Waals surface area contributed by atoms with Gasteiger partial charge in [-0.25, -0.2) is 4.79 Å². The Kier molecular flexibility index (Phi) is 5.31. The summed E-state index contributed by atoms with van der Waals surface area (Å²) < 4.78 is 0. The number of thioether (sulfide) groups is 1. The first-order valence-electron chi connectivity index (χ1n) is 5.37. The van der Waals surface area contributed by atoms with Crippen LogP contribution >= 0.6 is 11.8 Å². The van der Waals surface area contributed by atoms with Crippen LogP contribution in [-0.2, 0) is 0 Å². The summed E-state index contributed by atoms with van der Waals surface area (Å²) in [5, 5.41) is 11.8. The molecule has 0 aliphatic carbocycles. The van der Waals surface area contributed by atoms with Crippen LogP contribution in [0.5, 0.6) is 0 Å². The summed E-state index contributed by atoms with van der Waals surface area (Å²) in [6, 6.07) is 7.23. The molecule has 0 heterocycles. The molecule has 2 N–H and O–H groups in total. The van der Waals surface area contributed by atoms with E-state index in [0.29, 0.717) is 0 Å². The number of urea groups is 1. The molecule has 0 aliphatic rings. The molecule has 0 bridgehead atoms. The summed E-state index contributed by atoms with van der Waals surface area (Å²) in [5.74, 6) is 0. The first-order valence-corrected chi connectivity index (χ1v) is 6.59. The second-order valence-electron chi connectivity index (χ2n) is 3.80. The van der Waals surface area contributed by atoms with E-state index in [9.17, 15) is 4.79 Å². The van der Waals surface area contributed by atoms with Gasteiger partial charge < -0.3 is 15.3 Å². The Labute approximate surface area is 106 Å². The smallest absolute Gasteiger partial charge is 0.321 e. The zero-order valence-electron chi connectivity index (χ0n) is 10.3. The maximum atomic E-state index is 11.8. The number of aliphatic hydroxyl groups excluding tert-OH is 1. The fraction of sp³-hybridized carbons (Fsp3) is 0.417. The fourth-order valence-corrected chi connectivity index (χ4v) is 1.69. The molecule has 1 rings (SSSR count). The SMILES string of the molecule is CSc1cccc(NC(=O)N(C)C(C)CO)c1. The Morgan fingerprint density at radius 2 is 2.29 bits per heavy atom. The maximum Gasteiger partial charge on any atom is 0.321 e. The summed E-state index contributed by atoms with van der Waals surface area (Å²) in [6.45, 7) is 1.74. The number of rotatable bonds is 4. The van der Waals surface area contributed by atoms with Crippen molar-refractivity contribution in [1.82, 2.24) is 4.90 Å². The molecule has 5 heteroatoms. The standard InChI is InChI=1S/C12H18N2O2S/c1-9(8-15)14(2)12(16)13-10-5-4-6-11(7-10)17-3/h4-7,9,15H,8H2,1-3H3,(H,13,16). The lowest BCUT2D eigenvalue weighted by Gasteiger charge is -2.23. The van der Waals surface area contributed by atoms with Crippen LogP contribution in [0.1, 0.15) is 6.92 Å². The van der Waals surface area contributed by atoms with Gasteiger partial charge in [-0.2, -0.15) is 0 Å². The van der Waals surface area contributed by atoms with Crippen molar-refractivity contribution in [2.24, 2.45) is 0 Å². The van der Waals surface area contributed by atoms with E-state index in [1.54, 1.807) is 25.7 Å². The van der Waals surface area contributed by atoms with E-state index in [0.717, 1.165) is 10.6 Å². The molecule has 17 heavy (non-hydrogen) atoms. The number of aliphatic hydroxyl groups is 1. The number of benzene rings is 1. The van der Waals surface area contributed by atoms with Crippen LogP contribution in [0.2, 0.25) is 0 Å². The van der Waals surface area contributed by atoms with Gasteiger partial charge in [0, 0.05) is 17.6 Å². The van der Waals surface area contributed by atoms with Crippen LogP contribution in [0.15, 0.2) is 29.2 Å². The van der Waals surface area contributed by atoms with Gasteiger partial charge in [-0.3, -0.25) is 0 Å². The molecule has 1 unspecified atom stereocenters. The van der Waals surface area contributed by atoms with Gasteiger partial charge in [-0.1, -0.05) is 6.07 Å². The minimum Gasteiger partial charge on any atom is -0.394 e. The molecule has 0 aromatic heterocycles. The van der Waals surface area contributed by atoms with Crippen LogP contribution in [0.25, 0.3) is 0 Å². The maximum absolute atomic E-state index is 11.8. The Morgan fingerprint density at radius 3 is 2.88 bits per heavy atom. The highest BCUT2D eigenvalue weighted by Gasteiger charge is 2.14. The highest BCUT2D eigenvalue weighted by Crippen LogP contribution is 2.19. The average Bonchev–Trinajstić information content (AvgIpc) is 2.37. The third-order valence-corrected chi connectivity index (χ3v) is 3.29. The summed E-state index contributed by atoms with van der Waals surface area (Å²) in [4.78, 5) is 14.4. The number of nitrogens with zero attached hydrogens (tertiary/aromatic N) is 1. The van der Waals surface area contributed by atoms with Gasteiger partial charge in [0.15, 0.2) is 0 Å². The Hall–Kier alpha value is -1.20. The molecule has 1 atom stereocenters. The highest BCUT2D eigenvalue weighted by molar-refractivity contribution is 7.98. The van der Waals surface area contributed by atoms with Crippen molar-refractivity contribution in [3.8, 4) is 0 Å². The predicted molar refractivity (Wildman–Crippen MR) is 71.6 cm³/mol. The fourth-order valence-electron chi connectivity index (χ4n) is 1.24. The van der Waals surface area contributed by atoms with E-state index in [1.807, 2.05) is 30.5 Å². The second kappa shape index (κ2) is 6.51. The normalized spacial score (nSPS) is 12.0. The predicted octanol–water partition coefficient (Wildman–Crippen LogP) is 2.25. The number of amides is 2. The van der Waals surface area contributed by atoms with Crippen LogP contribution in [0, 0.1) is 0 Å². The molecule has 0 aliphatic heterocycles. The number of carbonyl (C=O) groups excluding carboxylic acids is 1. The number of anilines is 1. The molecular formula is C12H18N2O2S. The molecule has 94 valence electrons. The van der Waals surface area contributed by atoms with Crippen LogP contribution in [-0.4, -0.2) is 42.0 Å². The van der Waals surface area contributed by atoms with E-state index in [1.165, 1.54) is 4.90 Å². The van der Waals surface area contributed by atoms with Gasteiger partial charge in [-0.05, 0) is 31.4 Å². The van der Waals surface area contributed by atoms with Crippen molar-refractivity contribution < 1.29 is 9.90 Å². The average molecular weight is 254 g/mol. The summed E-state index contributed by atoms with van der Waals surface area (Å²) in [6.07, 6.45) is 1.99. The minimum atomic E-state index is -0.218. The zero-order valence-corrected chi connectivity index (χ0v) is 11.1. The van der Waals surface area contributed by atoms with Crippen LogP contribution < -0.4 is 5.32 Å². The summed E-state index contributed by atoms with van der Waals surface area (Å²) in [7, 11) is 1.66. The van der Waals surface area contributed by atoms with Gasteiger partial charge in [0.25, 0.3) is 0 Å². The van der Waals surface area contributed by atoms with Gasteiger partial charge in [0.05, 0.1) is 12.6 Å². The second-order valence-corrected chi connectivity index (χ2v) is 4.68. The van der Waals surface area contributed by atoms with Crippen LogP contribution in [0.3, 0.4) is 0 Å². The lowest BCUT2D eigenvalue weighted by atomic mass is 10.3. The molecule has 2 amide bonds. The van der Waals surface area contributed by atoms with E-state index in [4.69, 9.17) is 5.11 Å². The molecule has 0 fully saturated rings. The first-order chi connectivity index (χ1) is 8.08. The molecule has 1 aromatic rings. The van der Waals surface area contributed by atoms with Crippen molar-refractivity contribution in [3.05, 3.63) is 24.3 Å². The van der Waals surface area contributed by atoms with Crippen molar-refractivity contribution in [1.29, 1.82) is 0 Å². The molecule has 4 nitrogen and oxygen atoms in total. The van der Waals surface area contributed by atoms with E-state index in [-0.39, 0.29) is 18.7 Å². The summed E-state index contributed by atoms with van der Waals surface area (Å²) in [5.41, 5.74) is 0.763. The van der Waals surface area contributed by atoms with Gasteiger partial charge in [-0.15, -0.1) is 11.8 Å². The van der Waals surface area contributed by atoms with E-state index in [2.05, 4.69) is 5.32 Å². The van der Waals surface area contributed by atoms with E-state index < -0.39 is 0 Å². The number of likely N-dealkylation sites (N-methyl/N-ethyl adjacent to an activating group) is 1. The number of hydrogen-bond acceptors (Lipinski definition) is 3. The number of hydrogen-bond donors (Lipinski definition) is 2. The summed E-state index contributed by atoms with van der Waals surface area (Å²) >= 11 is 1.62. The van der Waals surface area contributed by atoms with Gasteiger partial charge in [0.2, 0.25) is 0 Å². The molecule has 0 saturated carbocycles. The Balaban J connectivity index is 2.67. The van der Waals surface area contributed by atoms with Crippen molar-refractivity contribution in [3.63, 3.8) is 0 Å². The molecule has 0 saturated heterocycles. The number of carbonyl (C=O) groups is 1. The minimum absolute atomic E-state index is 0.0469. The van der Waals surface area contributed by atoms with Crippen LogP contribution in [0.4, 0.5) is 10.5 Å². The number of nitrogens with one attached hydrogen (secondary N) is 1. The lowest BCUT2D eigenvalue weighted by molar-refractivity contribution is 0.166. The van der Waals surface area contributed by atoms with Gasteiger partial charge in [0.1, 0.15) is 0 Å². The molecular weight excluding hydrogens is 236 g/mol. The zero-order chi connectivity index (χ0) is 12.8. The quantitative estimate of drug-likeness (QED) is 0.810. The molecule has 0 spiro atoms. The van der Waals surface area contributed by atoms with Gasteiger partial charge >= 0.3 is 6.03 Å². The molecule has 1 aromatic carbocycles.